The lowest BCUT2D eigenvalue weighted by atomic mass is 10.2. The van der Waals surface area contributed by atoms with E-state index in [0.29, 0.717) is 15.6 Å². The Kier molecular flexibility index (Phi) is 7.12. The number of aromatic nitrogens is 3. The minimum absolute atomic E-state index is 0.0441. The van der Waals surface area contributed by atoms with E-state index in [1.807, 2.05) is 0 Å². The first-order valence-corrected chi connectivity index (χ1v) is 10.0. The van der Waals surface area contributed by atoms with Crippen LogP contribution in [0.3, 0.4) is 0 Å². The Hall–Kier alpha value is -3.84. The largest absolute Gasteiger partial charge is 0.490 e. The maximum absolute atomic E-state index is 12.7. The fourth-order valence-electron chi connectivity index (χ4n) is 2.45. The topological polar surface area (TPSA) is 158 Å². The summed E-state index contributed by atoms with van der Waals surface area (Å²) >= 11 is 7.13. The molecular weight excluding hydrogens is 462 g/mol. The number of nitrogens with zero attached hydrogens (tertiary/aromatic N) is 6. The van der Waals surface area contributed by atoms with Gasteiger partial charge in [-0.3, -0.25) is 14.9 Å². The van der Waals surface area contributed by atoms with E-state index in [4.69, 9.17) is 11.6 Å². The van der Waals surface area contributed by atoms with E-state index in [-0.39, 0.29) is 17.8 Å². The third-order valence-corrected chi connectivity index (χ3v) is 5.22. The van der Waals surface area contributed by atoms with E-state index < -0.39 is 21.7 Å². The van der Waals surface area contributed by atoms with Crippen molar-refractivity contribution in [2.45, 2.75) is 23.3 Å². The van der Waals surface area contributed by atoms with Crippen molar-refractivity contribution >= 4 is 46.6 Å². The summed E-state index contributed by atoms with van der Waals surface area (Å²) in [7, 11) is 0. The summed E-state index contributed by atoms with van der Waals surface area (Å²) in [5, 5.41) is 30.0. The van der Waals surface area contributed by atoms with Gasteiger partial charge >= 0.3 is 5.95 Å². The molecule has 1 heterocycles. The Morgan fingerprint density at radius 2 is 1.91 bits per heavy atom. The molecule has 0 radical (unpaired) electrons. The fourth-order valence-corrected chi connectivity index (χ4v) is 3.50. The number of hydrogen-bond donors (Lipinski definition) is 1. The SMILES string of the molecule is C/C(Cn1cnc([N+](=O)[O-])n1)=N/NC(=O)c1cc([N+](=O)[O-])ccc1Sc1ccc(Cl)cc1. The molecule has 0 atom stereocenters. The molecule has 1 amide bonds. The van der Waals surface area contributed by atoms with Crippen molar-refractivity contribution in [3.05, 3.63) is 79.6 Å². The lowest BCUT2D eigenvalue weighted by Crippen LogP contribution is -2.21. The second kappa shape index (κ2) is 9.98. The number of nitrogens with one attached hydrogen (secondary N) is 1. The van der Waals surface area contributed by atoms with Crippen LogP contribution >= 0.6 is 23.4 Å². The molecule has 0 bridgehead atoms. The molecule has 0 aliphatic carbocycles. The number of rotatable bonds is 8. The molecule has 0 unspecified atom stereocenters. The molecule has 0 aliphatic heterocycles. The average molecular weight is 476 g/mol. The van der Waals surface area contributed by atoms with Crippen LogP contribution in [0, 0.1) is 20.2 Å². The first-order valence-electron chi connectivity index (χ1n) is 8.82. The maximum Gasteiger partial charge on any atom is 0.490 e. The molecule has 1 N–H and O–H groups in total. The van der Waals surface area contributed by atoms with E-state index >= 15 is 0 Å². The van der Waals surface area contributed by atoms with Crippen LogP contribution < -0.4 is 5.43 Å². The summed E-state index contributed by atoms with van der Waals surface area (Å²) in [6.07, 6.45) is 1.17. The lowest BCUT2D eigenvalue weighted by Gasteiger charge is -2.09. The van der Waals surface area contributed by atoms with Crippen molar-refractivity contribution in [3.63, 3.8) is 0 Å². The van der Waals surface area contributed by atoms with Gasteiger partial charge in [-0.05, 0) is 42.2 Å². The predicted octanol–water partition coefficient (Wildman–Crippen LogP) is 3.71. The standard InChI is InChI=1S/C18H14ClN7O5S/c1-11(9-24-10-20-18(23-24)26(30)31)21-22-17(27)15-8-13(25(28)29)4-7-16(15)32-14-5-2-12(19)3-6-14/h2-8,10H,9H2,1H3,(H,22,27)/b21-11-. The van der Waals surface area contributed by atoms with E-state index in [2.05, 4.69) is 20.6 Å². The Morgan fingerprint density at radius 1 is 1.19 bits per heavy atom. The number of non-ortho nitro benzene ring substituents is 1. The number of hydrogen-bond acceptors (Lipinski definition) is 9. The van der Waals surface area contributed by atoms with Gasteiger partial charge in [0.2, 0.25) is 6.33 Å². The molecule has 14 heteroatoms. The normalized spacial score (nSPS) is 11.2. The zero-order valence-corrected chi connectivity index (χ0v) is 17.9. The minimum Gasteiger partial charge on any atom is -0.390 e. The zero-order valence-electron chi connectivity index (χ0n) is 16.3. The molecule has 0 aliphatic rings. The fraction of sp³-hybridized carbons (Fsp3) is 0.111. The third-order valence-electron chi connectivity index (χ3n) is 3.89. The zero-order chi connectivity index (χ0) is 23.3. The minimum atomic E-state index is -0.729. The summed E-state index contributed by atoms with van der Waals surface area (Å²) in [6.45, 7) is 1.62. The van der Waals surface area contributed by atoms with Crippen LogP contribution in [0.25, 0.3) is 0 Å². The Balaban J connectivity index is 1.79. The molecule has 0 fully saturated rings. The van der Waals surface area contributed by atoms with Gasteiger partial charge in [-0.15, -0.1) is 0 Å². The van der Waals surface area contributed by atoms with Gasteiger partial charge in [0.15, 0.2) is 0 Å². The van der Waals surface area contributed by atoms with Crippen LogP contribution in [-0.2, 0) is 6.54 Å². The van der Waals surface area contributed by atoms with Crippen LogP contribution in [0.4, 0.5) is 11.6 Å². The van der Waals surface area contributed by atoms with Gasteiger partial charge in [0.05, 0.1) is 22.7 Å². The van der Waals surface area contributed by atoms with Crippen molar-refractivity contribution in [1.29, 1.82) is 0 Å². The third kappa shape index (κ3) is 5.86. The molecule has 12 nitrogen and oxygen atoms in total. The quantitative estimate of drug-likeness (QED) is 0.293. The summed E-state index contributed by atoms with van der Waals surface area (Å²) < 4.78 is 1.19. The highest BCUT2D eigenvalue weighted by Gasteiger charge is 2.18. The number of carbonyl (C=O) groups excluding carboxylic acids is 1. The number of nitro groups is 2. The van der Waals surface area contributed by atoms with Gasteiger partial charge in [-0.1, -0.05) is 28.3 Å². The monoisotopic (exact) mass is 475 g/mol. The van der Waals surface area contributed by atoms with Crippen molar-refractivity contribution in [3.8, 4) is 0 Å². The van der Waals surface area contributed by atoms with Crippen molar-refractivity contribution < 1.29 is 14.6 Å². The van der Waals surface area contributed by atoms with Gasteiger partial charge in [0, 0.05) is 32.0 Å². The predicted molar refractivity (Wildman–Crippen MR) is 116 cm³/mol. The molecule has 0 spiro atoms. The van der Waals surface area contributed by atoms with Crippen LogP contribution in [0.2, 0.25) is 5.02 Å². The van der Waals surface area contributed by atoms with Gasteiger partial charge in [-0.25, -0.2) is 5.43 Å². The molecule has 3 aromatic rings. The number of benzene rings is 2. The van der Waals surface area contributed by atoms with Crippen molar-refractivity contribution in [2.75, 3.05) is 0 Å². The van der Waals surface area contributed by atoms with Gasteiger partial charge in [-0.2, -0.15) is 9.78 Å². The van der Waals surface area contributed by atoms with Crippen LogP contribution in [0.15, 0.2) is 63.7 Å². The summed E-state index contributed by atoms with van der Waals surface area (Å²) in [5.74, 6) is -1.21. The number of hydrazone groups is 1. The maximum atomic E-state index is 12.7. The highest BCUT2D eigenvalue weighted by Crippen LogP contribution is 2.33. The molecular formula is C18H14ClN7O5S. The molecule has 32 heavy (non-hydrogen) atoms. The average Bonchev–Trinajstić information content (AvgIpc) is 3.22. The first-order chi connectivity index (χ1) is 15.2. The van der Waals surface area contributed by atoms with E-state index in [9.17, 15) is 25.0 Å². The molecule has 2 aromatic carbocycles. The Morgan fingerprint density at radius 3 is 2.53 bits per heavy atom. The molecule has 1 aromatic heterocycles. The Bertz CT molecular complexity index is 1210. The van der Waals surface area contributed by atoms with Gasteiger partial charge in [0.25, 0.3) is 11.6 Å². The summed E-state index contributed by atoms with van der Waals surface area (Å²) in [4.78, 5) is 38.0. The molecule has 164 valence electrons. The van der Waals surface area contributed by atoms with Crippen LogP contribution in [-0.4, -0.2) is 36.2 Å². The van der Waals surface area contributed by atoms with Crippen LogP contribution in [0.1, 0.15) is 17.3 Å². The van der Waals surface area contributed by atoms with Gasteiger partial charge < -0.3 is 10.1 Å². The second-order valence-corrected chi connectivity index (χ2v) is 7.83. The number of carbonyl (C=O) groups is 1. The van der Waals surface area contributed by atoms with E-state index in [1.54, 1.807) is 31.2 Å². The number of nitro benzene ring substituents is 1. The Labute approximate surface area is 189 Å². The number of halogens is 1. The molecule has 0 saturated carbocycles. The van der Waals surface area contributed by atoms with Crippen LogP contribution in [0.5, 0.6) is 0 Å². The highest BCUT2D eigenvalue weighted by molar-refractivity contribution is 7.99. The summed E-state index contributed by atoms with van der Waals surface area (Å²) in [6, 6.07) is 10.9. The number of amides is 1. The second-order valence-electron chi connectivity index (χ2n) is 6.28. The summed E-state index contributed by atoms with van der Waals surface area (Å²) in [5.41, 5.74) is 2.54. The van der Waals surface area contributed by atoms with Gasteiger partial charge in [0.1, 0.15) is 0 Å². The lowest BCUT2D eigenvalue weighted by molar-refractivity contribution is -0.394. The highest BCUT2D eigenvalue weighted by atomic mass is 35.5. The molecule has 3 rings (SSSR count). The van der Waals surface area contributed by atoms with E-state index in [1.165, 1.54) is 41.0 Å². The van der Waals surface area contributed by atoms with E-state index in [0.717, 1.165) is 4.90 Å². The molecule has 0 saturated heterocycles. The smallest absolute Gasteiger partial charge is 0.390 e. The van der Waals surface area contributed by atoms with Crippen molar-refractivity contribution in [2.24, 2.45) is 5.10 Å². The first kappa shape index (κ1) is 22.8. The van der Waals surface area contributed by atoms with Crippen molar-refractivity contribution in [1.82, 2.24) is 20.2 Å².